The van der Waals surface area contributed by atoms with Gasteiger partial charge in [-0.1, -0.05) is 20.8 Å². The zero-order valence-corrected chi connectivity index (χ0v) is 11.3. The molecule has 100 valence electrons. The van der Waals surface area contributed by atoms with Crippen molar-refractivity contribution in [2.24, 2.45) is 16.7 Å². The molecule has 0 spiro atoms. The zero-order chi connectivity index (χ0) is 13.1. The number of carbonyl (C=O) groups is 1. The largest absolute Gasteiger partial charge is 0.481 e. The van der Waals surface area contributed by atoms with Crippen molar-refractivity contribution in [3.63, 3.8) is 0 Å². The summed E-state index contributed by atoms with van der Waals surface area (Å²) in [6, 6.07) is 0. The van der Waals surface area contributed by atoms with Crippen LogP contribution in [0.5, 0.6) is 0 Å². The van der Waals surface area contributed by atoms with Crippen molar-refractivity contribution < 1.29 is 15.0 Å². The summed E-state index contributed by atoms with van der Waals surface area (Å²) < 4.78 is 0. The van der Waals surface area contributed by atoms with Gasteiger partial charge in [0.25, 0.3) is 0 Å². The van der Waals surface area contributed by atoms with Crippen LogP contribution >= 0.6 is 0 Å². The average molecular weight is 242 g/mol. The van der Waals surface area contributed by atoms with Crippen molar-refractivity contribution in [1.29, 1.82) is 0 Å². The first-order valence-electron chi connectivity index (χ1n) is 6.66. The second-order valence-electron chi connectivity index (χ2n) is 6.55. The highest BCUT2D eigenvalue weighted by molar-refractivity contribution is 5.74. The quantitative estimate of drug-likeness (QED) is 0.796. The van der Waals surface area contributed by atoms with E-state index in [1.54, 1.807) is 0 Å². The smallest absolute Gasteiger partial charge is 0.309 e. The Bertz CT molecular complexity index is 257. The fraction of sp³-hybridized carbons (Fsp3) is 0.929. The van der Waals surface area contributed by atoms with E-state index in [1.807, 2.05) is 0 Å². The number of hydrogen-bond donors (Lipinski definition) is 2. The summed E-state index contributed by atoms with van der Waals surface area (Å²) in [4.78, 5) is 11.5. The Balaban J connectivity index is 2.64. The predicted molar refractivity (Wildman–Crippen MR) is 67.8 cm³/mol. The Hall–Kier alpha value is -0.570. The SMILES string of the molecule is CC(C)(C)C1CCC(CCCO)(C(=O)O)CC1. The molecule has 0 unspecified atom stereocenters. The molecule has 0 radical (unpaired) electrons. The van der Waals surface area contributed by atoms with E-state index < -0.39 is 11.4 Å². The first-order chi connectivity index (χ1) is 7.82. The zero-order valence-electron chi connectivity index (χ0n) is 11.3. The molecule has 0 saturated heterocycles. The molecule has 0 heterocycles. The molecule has 0 atom stereocenters. The number of hydrogen-bond acceptors (Lipinski definition) is 2. The number of rotatable bonds is 4. The monoisotopic (exact) mass is 242 g/mol. The molecule has 3 heteroatoms. The van der Waals surface area contributed by atoms with E-state index in [4.69, 9.17) is 5.11 Å². The number of aliphatic hydroxyl groups excluding tert-OH is 1. The van der Waals surface area contributed by atoms with Crippen LogP contribution in [-0.2, 0) is 4.79 Å². The molecular formula is C14H26O3. The topological polar surface area (TPSA) is 57.5 Å². The van der Waals surface area contributed by atoms with Crippen molar-refractivity contribution in [2.75, 3.05) is 6.61 Å². The number of carboxylic acid groups (broad SMARTS) is 1. The Labute approximate surface area is 104 Å². The van der Waals surface area contributed by atoms with E-state index in [-0.39, 0.29) is 12.0 Å². The Morgan fingerprint density at radius 3 is 2.18 bits per heavy atom. The summed E-state index contributed by atoms with van der Waals surface area (Å²) in [5, 5.41) is 18.3. The molecule has 1 rings (SSSR count). The fourth-order valence-corrected chi connectivity index (χ4v) is 3.02. The fourth-order valence-electron chi connectivity index (χ4n) is 3.02. The van der Waals surface area contributed by atoms with Gasteiger partial charge in [0.1, 0.15) is 0 Å². The van der Waals surface area contributed by atoms with Gasteiger partial charge in [-0.2, -0.15) is 0 Å². The highest BCUT2D eigenvalue weighted by atomic mass is 16.4. The van der Waals surface area contributed by atoms with Gasteiger partial charge in [-0.15, -0.1) is 0 Å². The van der Waals surface area contributed by atoms with E-state index in [0.717, 1.165) is 25.7 Å². The van der Waals surface area contributed by atoms with E-state index in [9.17, 15) is 9.90 Å². The van der Waals surface area contributed by atoms with Gasteiger partial charge in [0.05, 0.1) is 5.41 Å². The lowest BCUT2D eigenvalue weighted by Gasteiger charge is -2.41. The van der Waals surface area contributed by atoms with Crippen LogP contribution in [0.3, 0.4) is 0 Å². The summed E-state index contributed by atoms with van der Waals surface area (Å²) in [7, 11) is 0. The van der Waals surface area contributed by atoms with Crippen LogP contribution in [0.2, 0.25) is 0 Å². The van der Waals surface area contributed by atoms with Gasteiger partial charge in [-0.25, -0.2) is 0 Å². The molecule has 1 fully saturated rings. The Morgan fingerprint density at radius 1 is 1.29 bits per heavy atom. The van der Waals surface area contributed by atoms with Crippen LogP contribution in [-0.4, -0.2) is 22.8 Å². The maximum Gasteiger partial charge on any atom is 0.309 e. The first kappa shape index (κ1) is 14.5. The Morgan fingerprint density at radius 2 is 1.82 bits per heavy atom. The molecule has 0 aromatic rings. The van der Waals surface area contributed by atoms with Crippen LogP contribution in [0.15, 0.2) is 0 Å². The van der Waals surface area contributed by atoms with Crippen LogP contribution in [0, 0.1) is 16.7 Å². The molecule has 0 aromatic carbocycles. The van der Waals surface area contributed by atoms with Gasteiger partial charge in [-0.3, -0.25) is 4.79 Å². The third-order valence-electron chi connectivity index (χ3n) is 4.43. The number of aliphatic hydroxyl groups is 1. The molecule has 0 aliphatic heterocycles. The highest BCUT2D eigenvalue weighted by Gasteiger charge is 2.43. The Kier molecular flexibility index (Phi) is 4.59. The molecule has 1 aliphatic rings. The van der Waals surface area contributed by atoms with Gasteiger partial charge in [-0.05, 0) is 49.9 Å². The minimum atomic E-state index is -0.668. The van der Waals surface area contributed by atoms with Crippen LogP contribution in [0.1, 0.15) is 59.3 Å². The summed E-state index contributed by atoms with van der Waals surface area (Å²) in [5.41, 5.74) is -0.286. The maximum atomic E-state index is 11.5. The van der Waals surface area contributed by atoms with Gasteiger partial charge in [0.2, 0.25) is 0 Å². The van der Waals surface area contributed by atoms with Crippen molar-refractivity contribution in [3.05, 3.63) is 0 Å². The standard InChI is InChI=1S/C14H26O3/c1-13(2,3)11-5-8-14(9-6-11,12(16)17)7-4-10-15/h11,15H,4-10H2,1-3H3,(H,16,17). The summed E-state index contributed by atoms with van der Waals surface area (Å²) in [6.07, 6.45) is 4.76. The molecule has 17 heavy (non-hydrogen) atoms. The predicted octanol–water partition coefficient (Wildman–Crippen LogP) is 3.07. The lowest BCUT2D eigenvalue weighted by Crippen LogP contribution is -2.38. The molecule has 2 N–H and O–H groups in total. The molecular weight excluding hydrogens is 216 g/mol. The second-order valence-corrected chi connectivity index (χ2v) is 6.55. The highest BCUT2D eigenvalue weighted by Crippen LogP contribution is 2.47. The third kappa shape index (κ3) is 3.44. The second kappa shape index (κ2) is 5.38. The van der Waals surface area contributed by atoms with Gasteiger partial charge >= 0.3 is 5.97 Å². The molecule has 0 aromatic heterocycles. The van der Waals surface area contributed by atoms with Crippen LogP contribution in [0.4, 0.5) is 0 Å². The molecule has 0 bridgehead atoms. The van der Waals surface area contributed by atoms with Gasteiger partial charge in [0.15, 0.2) is 0 Å². The normalized spacial score (nSPS) is 30.2. The van der Waals surface area contributed by atoms with Crippen LogP contribution < -0.4 is 0 Å². The average Bonchev–Trinajstić information content (AvgIpc) is 2.25. The van der Waals surface area contributed by atoms with Crippen LogP contribution in [0.25, 0.3) is 0 Å². The lowest BCUT2D eigenvalue weighted by atomic mass is 9.63. The molecule has 0 amide bonds. The van der Waals surface area contributed by atoms with Crippen molar-refractivity contribution >= 4 is 5.97 Å². The van der Waals surface area contributed by atoms with Gasteiger partial charge < -0.3 is 10.2 Å². The van der Waals surface area contributed by atoms with E-state index in [0.29, 0.717) is 18.8 Å². The number of aliphatic carboxylic acids is 1. The number of carboxylic acids is 1. The summed E-state index contributed by atoms with van der Waals surface area (Å²) >= 11 is 0. The van der Waals surface area contributed by atoms with Gasteiger partial charge in [0, 0.05) is 6.61 Å². The van der Waals surface area contributed by atoms with E-state index in [2.05, 4.69) is 20.8 Å². The minimum absolute atomic E-state index is 0.0950. The summed E-state index contributed by atoms with van der Waals surface area (Å²) in [5.74, 6) is -0.0394. The first-order valence-corrected chi connectivity index (χ1v) is 6.66. The third-order valence-corrected chi connectivity index (χ3v) is 4.43. The minimum Gasteiger partial charge on any atom is -0.481 e. The van der Waals surface area contributed by atoms with Crippen molar-refractivity contribution in [1.82, 2.24) is 0 Å². The lowest BCUT2D eigenvalue weighted by molar-refractivity contribution is -0.153. The maximum absolute atomic E-state index is 11.5. The molecule has 1 aliphatic carbocycles. The van der Waals surface area contributed by atoms with E-state index >= 15 is 0 Å². The summed E-state index contributed by atoms with van der Waals surface area (Å²) in [6.45, 7) is 6.80. The van der Waals surface area contributed by atoms with Crippen molar-refractivity contribution in [2.45, 2.75) is 59.3 Å². The van der Waals surface area contributed by atoms with E-state index in [1.165, 1.54) is 0 Å². The van der Waals surface area contributed by atoms with Crippen molar-refractivity contribution in [3.8, 4) is 0 Å². The molecule has 3 nitrogen and oxygen atoms in total. The molecule has 1 saturated carbocycles.